The van der Waals surface area contributed by atoms with E-state index in [0.29, 0.717) is 0 Å². The summed E-state index contributed by atoms with van der Waals surface area (Å²) in [5, 5.41) is 0. The van der Waals surface area contributed by atoms with Crippen LogP contribution in [0.3, 0.4) is 0 Å². The average molecular weight is 206 g/mol. The molecule has 0 aliphatic rings. The number of hydrogen-bond acceptors (Lipinski definition) is 2. The second kappa shape index (κ2) is 4.75. The maximum absolute atomic E-state index is 6.11. The van der Waals surface area contributed by atoms with Crippen LogP contribution in [0.5, 0.6) is 0 Å². The highest BCUT2D eigenvalue weighted by Gasteiger charge is 2.19. The molecule has 1 heterocycles. The Hall–Kier alpha value is -0.890. The van der Waals surface area contributed by atoms with Crippen LogP contribution in [-0.4, -0.2) is 11.0 Å². The van der Waals surface area contributed by atoms with Gasteiger partial charge < -0.3 is 5.73 Å². The zero-order valence-corrected chi connectivity index (χ0v) is 10.2. The maximum Gasteiger partial charge on any atom is 0.0372 e. The van der Waals surface area contributed by atoms with Crippen LogP contribution in [-0.2, 0) is 6.42 Å². The molecule has 1 atom stereocenters. The van der Waals surface area contributed by atoms with Crippen LogP contribution in [0.15, 0.2) is 18.3 Å². The Kier molecular flexibility index (Phi) is 3.86. The number of rotatable bonds is 3. The lowest BCUT2D eigenvalue weighted by Crippen LogP contribution is -2.35. The fourth-order valence-electron chi connectivity index (χ4n) is 1.40. The molecule has 0 bridgehead atoms. The first-order valence-corrected chi connectivity index (χ1v) is 5.56. The number of aryl methyl sites for hydroxylation is 2. The third-order valence-corrected chi connectivity index (χ3v) is 2.83. The number of aromatic nitrogens is 1. The van der Waals surface area contributed by atoms with Crippen LogP contribution in [0.2, 0.25) is 0 Å². The Morgan fingerprint density at radius 2 is 2.00 bits per heavy atom. The van der Waals surface area contributed by atoms with Crippen LogP contribution in [0.25, 0.3) is 0 Å². The highest BCUT2D eigenvalue weighted by molar-refractivity contribution is 5.13. The lowest BCUT2D eigenvalue weighted by atomic mass is 9.84. The van der Waals surface area contributed by atoms with E-state index in [-0.39, 0.29) is 11.5 Å². The van der Waals surface area contributed by atoms with E-state index < -0.39 is 0 Å². The van der Waals surface area contributed by atoms with Crippen molar-refractivity contribution in [1.29, 1.82) is 0 Å². The summed E-state index contributed by atoms with van der Waals surface area (Å²) in [4.78, 5) is 4.28. The number of nitrogens with zero attached hydrogens (tertiary/aromatic N) is 1. The normalized spacial score (nSPS) is 13.9. The van der Waals surface area contributed by atoms with E-state index in [9.17, 15) is 0 Å². The van der Waals surface area contributed by atoms with Crippen molar-refractivity contribution in [2.75, 3.05) is 0 Å². The minimum Gasteiger partial charge on any atom is -0.327 e. The van der Waals surface area contributed by atoms with Crippen molar-refractivity contribution in [3.8, 4) is 0 Å². The van der Waals surface area contributed by atoms with Gasteiger partial charge in [-0.15, -0.1) is 0 Å². The molecule has 2 nitrogen and oxygen atoms in total. The topological polar surface area (TPSA) is 38.9 Å². The van der Waals surface area contributed by atoms with E-state index in [2.05, 4.69) is 37.9 Å². The molecule has 84 valence electrons. The number of hydrogen-bond donors (Lipinski definition) is 1. The smallest absolute Gasteiger partial charge is 0.0372 e. The molecule has 2 N–H and O–H groups in total. The van der Waals surface area contributed by atoms with Crippen molar-refractivity contribution in [3.63, 3.8) is 0 Å². The second-order valence-electron chi connectivity index (χ2n) is 5.32. The molecule has 1 rings (SSSR count). The van der Waals surface area contributed by atoms with Crippen molar-refractivity contribution in [3.05, 3.63) is 29.6 Å². The Labute approximate surface area is 92.9 Å². The summed E-state index contributed by atoms with van der Waals surface area (Å²) < 4.78 is 0. The summed E-state index contributed by atoms with van der Waals surface area (Å²) in [6.45, 7) is 8.56. The van der Waals surface area contributed by atoms with Gasteiger partial charge in [-0.1, -0.05) is 26.8 Å². The predicted molar refractivity (Wildman–Crippen MR) is 64.7 cm³/mol. The zero-order chi connectivity index (χ0) is 11.5. The molecule has 0 radical (unpaired) electrons. The van der Waals surface area contributed by atoms with Crippen LogP contribution >= 0.6 is 0 Å². The van der Waals surface area contributed by atoms with Gasteiger partial charge in [-0.05, 0) is 36.8 Å². The number of nitrogens with two attached hydrogens (primary N) is 1. The van der Waals surface area contributed by atoms with Gasteiger partial charge in [0.15, 0.2) is 0 Å². The largest absolute Gasteiger partial charge is 0.327 e. The average Bonchev–Trinajstić information content (AvgIpc) is 2.15. The van der Waals surface area contributed by atoms with Gasteiger partial charge in [0.2, 0.25) is 0 Å². The van der Waals surface area contributed by atoms with Gasteiger partial charge in [0.05, 0.1) is 0 Å². The molecule has 1 aromatic rings. The minimum absolute atomic E-state index is 0.193. The standard InChI is InChI=1S/C13H22N2/c1-10-5-6-11(9-15-10)7-8-12(14)13(2,3)4/h5-6,9,12H,7-8,14H2,1-4H3. The summed E-state index contributed by atoms with van der Waals surface area (Å²) in [7, 11) is 0. The fraction of sp³-hybridized carbons (Fsp3) is 0.615. The van der Waals surface area contributed by atoms with E-state index >= 15 is 0 Å². The molecule has 1 aromatic heterocycles. The first-order chi connectivity index (χ1) is 6.89. The van der Waals surface area contributed by atoms with Crippen LogP contribution in [0.1, 0.15) is 38.4 Å². The van der Waals surface area contributed by atoms with Crippen molar-refractivity contribution >= 4 is 0 Å². The molecule has 0 amide bonds. The number of pyridine rings is 1. The fourth-order valence-corrected chi connectivity index (χ4v) is 1.40. The molecular weight excluding hydrogens is 184 g/mol. The molecule has 2 heteroatoms. The third-order valence-electron chi connectivity index (χ3n) is 2.83. The van der Waals surface area contributed by atoms with Crippen molar-refractivity contribution in [2.24, 2.45) is 11.1 Å². The van der Waals surface area contributed by atoms with Crippen LogP contribution in [0.4, 0.5) is 0 Å². The van der Waals surface area contributed by atoms with Gasteiger partial charge in [-0.3, -0.25) is 4.98 Å². The Bertz CT molecular complexity index is 295. The summed E-state index contributed by atoms with van der Waals surface area (Å²) in [6.07, 6.45) is 3.99. The first kappa shape index (κ1) is 12.2. The second-order valence-corrected chi connectivity index (χ2v) is 5.32. The lowest BCUT2D eigenvalue weighted by molar-refractivity contribution is 0.306. The Morgan fingerprint density at radius 3 is 2.47 bits per heavy atom. The van der Waals surface area contributed by atoms with Crippen molar-refractivity contribution in [2.45, 2.75) is 46.6 Å². The van der Waals surface area contributed by atoms with Gasteiger partial charge >= 0.3 is 0 Å². The van der Waals surface area contributed by atoms with E-state index in [1.54, 1.807) is 0 Å². The van der Waals surface area contributed by atoms with E-state index in [0.717, 1.165) is 18.5 Å². The summed E-state index contributed by atoms with van der Waals surface area (Å²) in [6, 6.07) is 4.44. The molecule has 0 aromatic carbocycles. The molecule has 0 saturated heterocycles. The molecule has 0 saturated carbocycles. The van der Waals surface area contributed by atoms with Crippen molar-refractivity contribution in [1.82, 2.24) is 4.98 Å². The maximum atomic E-state index is 6.11. The van der Waals surface area contributed by atoms with E-state index in [4.69, 9.17) is 5.73 Å². The lowest BCUT2D eigenvalue weighted by Gasteiger charge is -2.26. The molecular formula is C13H22N2. The monoisotopic (exact) mass is 206 g/mol. The molecule has 0 spiro atoms. The first-order valence-electron chi connectivity index (χ1n) is 5.56. The molecule has 0 fully saturated rings. The van der Waals surface area contributed by atoms with Crippen LogP contribution < -0.4 is 5.73 Å². The summed E-state index contributed by atoms with van der Waals surface area (Å²) in [5.41, 5.74) is 8.65. The molecule has 1 unspecified atom stereocenters. The van der Waals surface area contributed by atoms with Crippen LogP contribution in [0, 0.1) is 12.3 Å². The van der Waals surface area contributed by atoms with E-state index in [1.165, 1.54) is 5.56 Å². The highest BCUT2D eigenvalue weighted by atomic mass is 14.7. The molecule has 15 heavy (non-hydrogen) atoms. The predicted octanol–water partition coefficient (Wildman–Crippen LogP) is 2.70. The minimum atomic E-state index is 0.193. The summed E-state index contributed by atoms with van der Waals surface area (Å²) >= 11 is 0. The SMILES string of the molecule is Cc1ccc(CCC(N)C(C)(C)C)cn1. The molecule has 0 aliphatic heterocycles. The van der Waals surface area contributed by atoms with Gasteiger partial charge in [0, 0.05) is 17.9 Å². The van der Waals surface area contributed by atoms with Crippen molar-refractivity contribution < 1.29 is 0 Å². The summed E-state index contributed by atoms with van der Waals surface area (Å²) in [5.74, 6) is 0. The Balaban J connectivity index is 2.47. The Morgan fingerprint density at radius 1 is 1.33 bits per heavy atom. The zero-order valence-electron chi connectivity index (χ0n) is 10.2. The third kappa shape index (κ3) is 4.00. The van der Waals surface area contributed by atoms with Gasteiger partial charge in [-0.2, -0.15) is 0 Å². The highest BCUT2D eigenvalue weighted by Crippen LogP contribution is 2.21. The van der Waals surface area contributed by atoms with E-state index in [1.807, 2.05) is 13.1 Å². The van der Waals surface area contributed by atoms with Gasteiger partial charge in [0.25, 0.3) is 0 Å². The quantitative estimate of drug-likeness (QED) is 0.826. The van der Waals surface area contributed by atoms with Gasteiger partial charge in [-0.25, -0.2) is 0 Å². The van der Waals surface area contributed by atoms with Gasteiger partial charge in [0.1, 0.15) is 0 Å². The molecule has 0 aliphatic carbocycles.